The SMILES string of the molecule is CC(C)Oc1ccc(C2C(=C([O-])c3ccc(Cl)cc3)C(=O)C(=O)N2CCC[n+]2cc[nH]c2)cc1. The lowest BCUT2D eigenvalue weighted by Crippen LogP contribution is -2.36. The van der Waals surface area contributed by atoms with Crippen LogP contribution in [0, 0.1) is 0 Å². The lowest BCUT2D eigenvalue weighted by molar-refractivity contribution is -0.695. The molecule has 1 atom stereocenters. The number of likely N-dealkylation sites (tertiary alicyclic amines) is 1. The van der Waals surface area contributed by atoms with E-state index in [1.807, 2.05) is 37.1 Å². The summed E-state index contributed by atoms with van der Waals surface area (Å²) in [6, 6.07) is 12.7. The number of Topliss-reactive ketones (excluding diaryl/α,β-unsaturated/α-hetero) is 1. The third kappa shape index (κ3) is 4.99. The number of ether oxygens (including phenoxy) is 1. The molecule has 8 heteroatoms. The Bertz CT molecular complexity index is 1190. The van der Waals surface area contributed by atoms with Crippen LogP contribution in [0.5, 0.6) is 5.75 Å². The highest BCUT2D eigenvalue weighted by Crippen LogP contribution is 2.39. The molecule has 4 rings (SSSR count). The van der Waals surface area contributed by atoms with Crippen LogP contribution in [0.2, 0.25) is 5.02 Å². The van der Waals surface area contributed by atoms with Crippen LogP contribution >= 0.6 is 11.6 Å². The lowest BCUT2D eigenvalue weighted by Gasteiger charge is -2.27. The molecule has 3 aromatic rings. The van der Waals surface area contributed by atoms with Gasteiger partial charge >= 0.3 is 0 Å². The minimum atomic E-state index is -0.771. The maximum atomic E-state index is 13.4. The number of aromatic amines is 1. The number of carbonyl (C=O) groups excluding carboxylic acids is 2. The van der Waals surface area contributed by atoms with Gasteiger partial charge in [-0.15, -0.1) is 0 Å². The van der Waals surface area contributed by atoms with Gasteiger partial charge in [0.05, 0.1) is 18.7 Å². The van der Waals surface area contributed by atoms with Gasteiger partial charge in [-0.2, -0.15) is 0 Å². The number of ketones is 1. The van der Waals surface area contributed by atoms with Crippen LogP contribution in [0.3, 0.4) is 0 Å². The van der Waals surface area contributed by atoms with E-state index in [1.54, 1.807) is 48.5 Å². The number of rotatable bonds is 8. The molecular formula is C26H26ClN3O4. The first-order chi connectivity index (χ1) is 16.3. The Morgan fingerprint density at radius 2 is 1.85 bits per heavy atom. The largest absolute Gasteiger partial charge is 0.872 e. The number of nitrogens with one attached hydrogen (secondary N) is 1. The Labute approximate surface area is 203 Å². The summed E-state index contributed by atoms with van der Waals surface area (Å²) < 4.78 is 7.68. The Hall–Kier alpha value is -3.58. The van der Waals surface area contributed by atoms with E-state index in [0.717, 1.165) is 0 Å². The number of benzene rings is 2. The molecule has 0 saturated carbocycles. The number of nitrogens with zero attached hydrogens (tertiary/aromatic N) is 2. The predicted molar refractivity (Wildman–Crippen MR) is 126 cm³/mol. The fraction of sp³-hybridized carbons (Fsp3) is 0.269. The standard InChI is InChI=1S/C26H26ClN3O4/c1-17(2)34-21-10-6-18(7-11-21)23-22(24(31)19-4-8-20(27)9-5-19)25(32)26(33)30(23)14-3-13-29-15-12-28-16-29/h4-12,15-17,23H,3,13-14H2,1-2H3,(H,31,32). The van der Waals surface area contributed by atoms with Crippen LogP contribution in [0.4, 0.5) is 0 Å². The van der Waals surface area contributed by atoms with Gasteiger partial charge in [0, 0.05) is 23.6 Å². The molecule has 1 aliphatic rings. The van der Waals surface area contributed by atoms with Crippen molar-refractivity contribution in [1.82, 2.24) is 9.88 Å². The molecule has 7 nitrogen and oxygen atoms in total. The van der Waals surface area contributed by atoms with Crippen molar-refractivity contribution in [3.8, 4) is 5.75 Å². The Balaban J connectivity index is 1.71. The zero-order valence-corrected chi connectivity index (χ0v) is 19.8. The van der Waals surface area contributed by atoms with E-state index in [9.17, 15) is 14.7 Å². The van der Waals surface area contributed by atoms with Crippen molar-refractivity contribution >= 4 is 29.1 Å². The quantitative estimate of drug-likeness (QED) is 0.233. The minimum absolute atomic E-state index is 0.0107. The smallest absolute Gasteiger partial charge is 0.295 e. The van der Waals surface area contributed by atoms with E-state index >= 15 is 0 Å². The van der Waals surface area contributed by atoms with Crippen LogP contribution in [-0.4, -0.2) is 34.2 Å². The summed E-state index contributed by atoms with van der Waals surface area (Å²) in [4.78, 5) is 30.6. The molecule has 176 valence electrons. The van der Waals surface area contributed by atoms with Crippen LogP contribution in [0.15, 0.2) is 72.8 Å². The van der Waals surface area contributed by atoms with Gasteiger partial charge in [-0.3, -0.25) is 14.6 Å². The summed E-state index contributed by atoms with van der Waals surface area (Å²) in [5, 5.41) is 13.9. The van der Waals surface area contributed by atoms with Crippen molar-refractivity contribution < 1.29 is 24.0 Å². The molecule has 1 aliphatic heterocycles. The summed E-state index contributed by atoms with van der Waals surface area (Å²) in [7, 11) is 0. The molecule has 34 heavy (non-hydrogen) atoms. The molecule has 2 aromatic carbocycles. The first kappa shape index (κ1) is 23.6. The van der Waals surface area contributed by atoms with Crippen molar-refractivity contribution in [3.05, 3.63) is 89.0 Å². The van der Waals surface area contributed by atoms with Gasteiger partial charge in [0.1, 0.15) is 18.1 Å². The van der Waals surface area contributed by atoms with E-state index in [-0.39, 0.29) is 11.7 Å². The highest BCUT2D eigenvalue weighted by molar-refractivity contribution is 6.46. The Morgan fingerprint density at radius 1 is 1.15 bits per heavy atom. The molecule has 1 aromatic heterocycles. The van der Waals surface area contributed by atoms with Crippen LogP contribution < -0.4 is 14.4 Å². The molecule has 1 saturated heterocycles. The normalized spacial score (nSPS) is 17.5. The molecule has 0 radical (unpaired) electrons. The molecular weight excluding hydrogens is 454 g/mol. The first-order valence-corrected chi connectivity index (χ1v) is 11.5. The van der Waals surface area contributed by atoms with Crippen molar-refractivity contribution in [3.63, 3.8) is 0 Å². The number of aryl methyl sites for hydroxylation is 1. The second-order valence-electron chi connectivity index (χ2n) is 8.42. The van der Waals surface area contributed by atoms with Gasteiger partial charge in [0.25, 0.3) is 5.91 Å². The Morgan fingerprint density at radius 3 is 2.47 bits per heavy atom. The molecule has 0 spiro atoms. The second kappa shape index (κ2) is 10.1. The summed E-state index contributed by atoms with van der Waals surface area (Å²) in [6.45, 7) is 4.86. The number of hydrogen-bond donors (Lipinski definition) is 1. The summed E-state index contributed by atoms with van der Waals surface area (Å²) in [5.74, 6) is -1.22. The average molecular weight is 480 g/mol. The predicted octanol–water partition coefficient (Wildman–Crippen LogP) is 3.06. The van der Waals surface area contributed by atoms with Gasteiger partial charge < -0.3 is 14.7 Å². The second-order valence-corrected chi connectivity index (χ2v) is 8.85. The van der Waals surface area contributed by atoms with Gasteiger partial charge in [-0.1, -0.05) is 41.6 Å². The van der Waals surface area contributed by atoms with Crippen molar-refractivity contribution in [2.24, 2.45) is 0 Å². The van der Waals surface area contributed by atoms with E-state index in [0.29, 0.717) is 41.4 Å². The molecule has 1 amide bonds. The van der Waals surface area contributed by atoms with E-state index in [2.05, 4.69) is 4.98 Å². The van der Waals surface area contributed by atoms with E-state index in [4.69, 9.17) is 16.3 Å². The lowest BCUT2D eigenvalue weighted by atomic mass is 9.95. The number of H-pyrrole nitrogens is 1. The monoisotopic (exact) mass is 479 g/mol. The van der Waals surface area contributed by atoms with Crippen molar-refractivity contribution in [2.45, 2.75) is 39.0 Å². The molecule has 1 unspecified atom stereocenters. The zero-order chi connectivity index (χ0) is 24.2. The maximum absolute atomic E-state index is 13.4. The molecule has 2 heterocycles. The fourth-order valence-electron chi connectivity index (χ4n) is 4.09. The van der Waals surface area contributed by atoms with Gasteiger partial charge in [0.15, 0.2) is 0 Å². The third-order valence-electron chi connectivity index (χ3n) is 5.62. The third-order valence-corrected chi connectivity index (χ3v) is 5.87. The van der Waals surface area contributed by atoms with Gasteiger partial charge in [-0.05, 0) is 49.2 Å². The van der Waals surface area contributed by atoms with E-state index in [1.165, 1.54) is 4.90 Å². The van der Waals surface area contributed by atoms with Crippen molar-refractivity contribution in [1.29, 1.82) is 0 Å². The Kier molecular flexibility index (Phi) is 7.03. The molecule has 0 aliphatic carbocycles. The van der Waals surface area contributed by atoms with Crippen LogP contribution in [0.25, 0.3) is 5.76 Å². The average Bonchev–Trinajstić information content (AvgIpc) is 3.42. The van der Waals surface area contributed by atoms with Gasteiger partial charge in [0.2, 0.25) is 12.1 Å². The molecule has 1 fully saturated rings. The zero-order valence-electron chi connectivity index (χ0n) is 19.0. The molecule has 0 bridgehead atoms. The maximum Gasteiger partial charge on any atom is 0.295 e. The number of carbonyl (C=O) groups is 2. The summed E-state index contributed by atoms with van der Waals surface area (Å²) in [5.41, 5.74) is 0.955. The highest BCUT2D eigenvalue weighted by Gasteiger charge is 2.43. The number of amides is 1. The van der Waals surface area contributed by atoms with Crippen LogP contribution in [-0.2, 0) is 16.1 Å². The van der Waals surface area contributed by atoms with E-state index < -0.39 is 23.5 Å². The van der Waals surface area contributed by atoms with Crippen molar-refractivity contribution in [2.75, 3.05) is 6.54 Å². The number of hydrogen-bond acceptors (Lipinski definition) is 4. The van der Waals surface area contributed by atoms with Crippen LogP contribution in [0.1, 0.15) is 37.4 Å². The summed E-state index contributed by atoms with van der Waals surface area (Å²) >= 11 is 5.96. The fourth-order valence-corrected chi connectivity index (χ4v) is 4.21. The first-order valence-electron chi connectivity index (χ1n) is 11.2. The molecule has 1 N–H and O–H groups in total. The highest BCUT2D eigenvalue weighted by atomic mass is 35.5. The summed E-state index contributed by atoms with van der Waals surface area (Å²) in [6.07, 6.45) is 6.16. The minimum Gasteiger partial charge on any atom is -0.872 e. The number of halogens is 1. The number of imidazole rings is 1. The topological polar surface area (TPSA) is 89.3 Å². The number of aromatic nitrogens is 2. The van der Waals surface area contributed by atoms with Gasteiger partial charge in [-0.25, -0.2) is 4.57 Å².